The Kier molecular flexibility index (Phi) is 10.3. The highest BCUT2D eigenvalue weighted by atomic mass is 16.5. The molecule has 2 saturated heterocycles. The molecule has 0 bridgehead atoms. The number of unbranched alkanes of at least 4 members (excludes halogenated alkanes) is 1. The van der Waals surface area contributed by atoms with E-state index in [1.54, 1.807) is 25.3 Å². The quantitative estimate of drug-likeness (QED) is 0.348. The topological polar surface area (TPSA) is 119 Å². The van der Waals surface area contributed by atoms with Crippen LogP contribution in [0.2, 0.25) is 0 Å². The fourth-order valence-corrected chi connectivity index (χ4v) is 7.30. The Labute approximate surface area is 260 Å². The first-order valence-corrected chi connectivity index (χ1v) is 16.3. The number of ether oxygens (including phenoxy) is 1. The minimum absolute atomic E-state index is 0.0628. The molecular formula is C35H47N3O6. The molecule has 9 heteroatoms. The van der Waals surface area contributed by atoms with Crippen LogP contribution < -0.4 is 10.1 Å². The van der Waals surface area contributed by atoms with Gasteiger partial charge in [0.25, 0.3) is 0 Å². The van der Waals surface area contributed by atoms with Gasteiger partial charge in [0.15, 0.2) is 0 Å². The van der Waals surface area contributed by atoms with Crippen molar-refractivity contribution in [2.45, 2.75) is 95.4 Å². The van der Waals surface area contributed by atoms with Crippen molar-refractivity contribution in [3.8, 4) is 5.75 Å². The van der Waals surface area contributed by atoms with Crippen LogP contribution in [0.4, 0.5) is 0 Å². The van der Waals surface area contributed by atoms with Gasteiger partial charge in [-0.25, -0.2) is 4.79 Å². The largest absolute Gasteiger partial charge is 0.496 e. The first-order valence-electron chi connectivity index (χ1n) is 16.3. The number of amides is 2. The number of hydrogen-bond acceptors (Lipinski definition) is 6. The summed E-state index contributed by atoms with van der Waals surface area (Å²) >= 11 is 0. The van der Waals surface area contributed by atoms with Crippen LogP contribution >= 0.6 is 0 Å². The second-order valence-electron chi connectivity index (χ2n) is 12.8. The maximum atomic E-state index is 13.9. The Morgan fingerprint density at radius 1 is 1.05 bits per heavy atom. The normalized spacial score (nSPS) is 21.7. The minimum Gasteiger partial charge on any atom is -0.496 e. The first kappa shape index (κ1) is 32.0. The fraction of sp³-hybridized carbons (Fsp3) is 0.571. The summed E-state index contributed by atoms with van der Waals surface area (Å²) in [6.45, 7) is 4.79. The van der Waals surface area contributed by atoms with Gasteiger partial charge in [0.1, 0.15) is 17.3 Å². The van der Waals surface area contributed by atoms with Crippen LogP contribution in [0, 0.1) is 5.92 Å². The average Bonchev–Trinajstić information content (AvgIpc) is 3.05. The summed E-state index contributed by atoms with van der Waals surface area (Å²) in [7, 11) is 1.55. The molecule has 0 aromatic heterocycles. The lowest BCUT2D eigenvalue weighted by Crippen LogP contribution is -2.75. The molecule has 2 aromatic carbocycles. The fourth-order valence-electron chi connectivity index (χ4n) is 7.30. The Balaban J connectivity index is 1.21. The Hall–Kier alpha value is -3.43. The molecule has 2 amide bonds. The minimum atomic E-state index is -0.982. The zero-order chi connectivity index (χ0) is 31.3. The molecule has 1 unspecified atom stereocenters. The van der Waals surface area contributed by atoms with Gasteiger partial charge in [-0.05, 0) is 66.8 Å². The van der Waals surface area contributed by atoms with Gasteiger partial charge >= 0.3 is 5.97 Å². The highest BCUT2D eigenvalue weighted by Gasteiger charge is 2.55. The van der Waals surface area contributed by atoms with Crippen molar-refractivity contribution in [3.05, 3.63) is 64.7 Å². The average molecular weight is 606 g/mol. The van der Waals surface area contributed by atoms with Gasteiger partial charge in [0.05, 0.1) is 18.8 Å². The van der Waals surface area contributed by atoms with Crippen LogP contribution in [0.1, 0.15) is 91.8 Å². The highest BCUT2D eigenvalue weighted by Crippen LogP contribution is 2.36. The molecule has 3 fully saturated rings. The Bertz CT molecular complexity index is 1310. The molecule has 1 saturated carbocycles. The maximum Gasteiger partial charge on any atom is 0.335 e. The molecule has 3 N–H and O–H groups in total. The van der Waals surface area contributed by atoms with Crippen LogP contribution in [0.25, 0.3) is 0 Å². The van der Waals surface area contributed by atoms with Crippen LogP contribution in [0.5, 0.6) is 5.75 Å². The van der Waals surface area contributed by atoms with Gasteiger partial charge in [-0.3, -0.25) is 14.5 Å². The molecule has 3 aliphatic rings. The van der Waals surface area contributed by atoms with Crippen LogP contribution in [0.15, 0.2) is 42.5 Å². The second-order valence-corrected chi connectivity index (χ2v) is 12.8. The number of methoxy groups -OCH3 is 1. The maximum absolute atomic E-state index is 13.9. The zero-order valence-corrected chi connectivity index (χ0v) is 26.1. The van der Waals surface area contributed by atoms with Gasteiger partial charge in [0, 0.05) is 32.6 Å². The van der Waals surface area contributed by atoms with Crippen molar-refractivity contribution in [3.63, 3.8) is 0 Å². The molecule has 2 aliphatic heterocycles. The molecular weight excluding hydrogens is 558 g/mol. The number of aliphatic hydroxyl groups is 1. The van der Waals surface area contributed by atoms with Crippen molar-refractivity contribution >= 4 is 17.8 Å². The first-order chi connectivity index (χ1) is 21.3. The van der Waals surface area contributed by atoms with E-state index in [1.165, 1.54) is 12.0 Å². The van der Waals surface area contributed by atoms with Crippen molar-refractivity contribution in [2.24, 2.45) is 5.92 Å². The summed E-state index contributed by atoms with van der Waals surface area (Å²) < 4.78 is 5.43. The molecule has 44 heavy (non-hydrogen) atoms. The van der Waals surface area contributed by atoms with E-state index in [2.05, 4.69) is 41.4 Å². The third kappa shape index (κ3) is 6.79. The van der Waals surface area contributed by atoms with E-state index in [-0.39, 0.29) is 23.3 Å². The van der Waals surface area contributed by atoms with E-state index in [1.807, 2.05) is 4.90 Å². The number of nitrogens with one attached hydrogen (secondary N) is 1. The summed E-state index contributed by atoms with van der Waals surface area (Å²) in [5, 5.41) is 23.4. The third-order valence-electron chi connectivity index (χ3n) is 10.0. The van der Waals surface area contributed by atoms with Gasteiger partial charge in [-0.2, -0.15) is 0 Å². The summed E-state index contributed by atoms with van der Waals surface area (Å²) in [6, 6.07) is 12.5. The van der Waals surface area contributed by atoms with Gasteiger partial charge in [-0.1, -0.05) is 62.9 Å². The summed E-state index contributed by atoms with van der Waals surface area (Å²) in [4.78, 5) is 43.1. The van der Waals surface area contributed by atoms with Gasteiger partial charge in [-0.15, -0.1) is 0 Å². The second kappa shape index (κ2) is 14.1. The number of carboxylic acid groups (broad SMARTS) is 1. The summed E-state index contributed by atoms with van der Waals surface area (Å²) in [6.07, 6.45) is 7.82. The van der Waals surface area contributed by atoms with Gasteiger partial charge in [0.2, 0.25) is 11.8 Å². The number of rotatable bonds is 11. The Morgan fingerprint density at radius 3 is 2.36 bits per heavy atom. The number of carboxylic acids is 1. The molecule has 1 aliphatic carbocycles. The molecule has 1 spiro atoms. The molecule has 2 aromatic rings. The van der Waals surface area contributed by atoms with E-state index in [0.29, 0.717) is 44.6 Å². The van der Waals surface area contributed by atoms with Crippen LogP contribution in [-0.2, 0) is 22.6 Å². The number of benzene rings is 2. The summed E-state index contributed by atoms with van der Waals surface area (Å²) in [5.41, 5.74) is 2.53. The lowest BCUT2D eigenvalue weighted by molar-refractivity contribution is -0.166. The predicted molar refractivity (Wildman–Crippen MR) is 168 cm³/mol. The number of aromatic carboxylic acids is 1. The Morgan fingerprint density at radius 2 is 1.73 bits per heavy atom. The lowest BCUT2D eigenvalue weighted by Gasteiger charge is -2.52. The number of hydrogen-bond donors (Lipinski definition) is 3. The number of likely N-dealkylation sites (tertiary alicyclic amines) is 1. The zero-order valence-electron chi connectivity index (χ0n) is 26.1. The third-order valence-corrected chi connectivity index (χ3v) is 10.0. The molecule has 0 radical (unpaired) electrons. The van der Waals surface area contributed by atoms with Crippen molar-refractivity contribution in [2.75, 3.05) is 26.7 Å². The van der Waals surface area contributed by atoms with E-state index >= 15 is 0 Å². The molecule has 5 rings (SSSR count). The number of aliphatic hydroxyl groups excluding tert-OH is 1. The van der Waals surface area contributed by atoms with Gasteiger partial charge < -0.3 is 25.2 Å². The highest BCUT2D eigenvalue weighted by molar-refractivity contribution is 6.00. The standard InChI is InChI=1S/C35H47N3O6/c1-3-4-18-38-32(40)30(31(39)26-8-6-5-7-9-26)36-34(43)35(38)16-19-37(20-17-35)23-25-12-10-24(11-13-25)21-27-14-15-28(33(41)42)22-29(27)44-2/h10-15,22,26,30-31,39H,3-9,16-21,23H2,1-2H3,(H,36,43)(H,41,42)/t30-,31?/m1/s1. The number of carbonyl (C=O) groups excluding carboxylic acids is 2. The van der Waals surface area contributed by atoms with E-state index in [4.69, 9.17) is 4.74 Å². The molecule has 238 valence electrons. The smallest absolute Gasteiger partial charge is 0.335 e. The number of piperazine rings is 1. The monoisotopic (exact) mass is 605 g/mol. The summed E-state index contributed by atoms with van der Waals surface area (Å²) in [5.74, 6) is -0.583. The molecule has 2 atom stereocenters. The molecule has 2 heterocycles. The van der Waals surface area contributed by atoms with Crippen molar-refractivity contribution in [1.82, 2.24) is 15.1 Å². The van der Waals surface area contributed by atoms with Crippen molar-refractivity contribution in [1.29, 1.82) is 0 Å². The molecule has 9 nitrogen and oxygen atoms in total. The number of nitrogens with zero attached hydrogens (tertiary/aromatic N) is 2. The predicted octanol–water partition coefficient (Wildman–Crippen LogP) is 4.39. The van der Waals surface area contributed by atoms with E-state index in [0.717, 1.165) is 56.2 Å². The van der Waals surface area contributed by atoms with Crippen molar-refractivity contribution < 1.29 is 29.3 Å². The van der Waals surface area contributed by atoms with Crippen LogP contribution in [-0.4, -0.2) is 82.2 Å². The lowest BCUT2D eigenvalue weighted by atomic mass is 9.78. The van der Waals surface area contributed by atoms with E-state index in [9.17, 15) is 24.6 Å². The number of carbonyl (C=O) groups is 3. The number of piperidine rings is 1. The van der Waals surface area contributed by atoms with Crippen LogP contribution in [0.3, 0.4) is 0 Å². The SMILES string of the molecule is CCCCN1C(=O)[C@@H](C(O)C2CCCCC2)NC(=O)C12CCN(Cc1ccc(Cc3ccc(C(=O)O)cc3OC)cc1)CC2. The van der Waals surface area contributed by atoms with E-state index < -0.39 is 23.7 Å².